The van der Waals surface area contributed by atoms with Crippen molar-refractivity contribution < 1.29 is 22.7 Å². The molecule has 0 radical (unpaired) electrons. The molecule has 0 unspecified atom stereocenters. The molecule has 1 fully saturated rings. The summed E-state index contributed by atoms with van der Waals surface area (Å²) in [5.41, 5.74) is 0.357. The van der Waals surface area contributed by atoms with Crippen LogP contribution in [0.5, 0.6) is 5.75 Å². The maximum atomic E-state index is 12.9. The van der Waals surface area contributed by atoms with E-state index in [4.69, 9.17) is 4.74 Å². The van der Waals surface area contributed by atoms with Gasteiger partial charge in [0.1, 0.15) is 5.75 Å². The number of hydrogen-bond donors (Lipinski definition) is 2. The third kappa shape index (κ3) is 4.24. The number of fused-ring (bicyclic) bond motifs is 1. The fraction of sp³-hybridized carbons (Fsp3) is 0.556. The number of piperidine rings is 1. The van der Waals surface area contributed by atoms with Gasteiger partial charge in [-0.2, -0.15) is 4.31 Å². The summed E-state index contributed by atoms with van der Waals surface area (Å²) in [5, 5.41) is 5.58. The smallest absolute Gasteiger partial charge is 0.262 e. The summed E-state index contributed by atoms with van der Waals surface area (Å²) in [6.07, 6.45) is 1.84. The van der Waals surface area contributed by atoms with Crippen molar-refractivity contribution in [2.45, 2.75) is 44.0 Å². The van der Waals surface area contributed by atoms with E-state index in [9.17, 15) is 18.0 Å². The highest BCUT2D eigenvalue weighted by Gasteiger charge is 2.33. The summed E-state index contributed by atoms with van der Waals surface area (Å²) in [6.45, 7) is 4.47. The molecule has 1 saturated heterocycles. The molecule has 1 atom stereocenters. The van der Waals surface area contributed by atoms with E-state index in [-0.39, 0.29) is 35.3 Å². The van der Waals surface area contributed by atoms with E-state index in [0.717, 1.165) is 6.42 Å². The molecule has 1 aromatic carbocycles. The average Bonchev–Trinajstić information content (AvgIpc) is 2.67. The third-order valence-electron chi connectivity index (χ3n) is 5.05. The number of rotatable bonds is 5. The standard InChI is InChI=1S/C18H25N3O5S/c1-3-12(2)19-18(23)13-6-8-21(9-7-13)27(24,25)14-4-5-16-15(10-14)20-17(22)11-26-16/h4-5,10,12-13H,3,6-9,11H2,1-2H3,(H,19,23)(H,20,22)/t12-/m1/s1. The maximum absolute atomic E-state index is 12.9. The van der Waals surface area contributed by atoms with Crippen molar-refractivity contribution in [2.24, 2.45) is 5.92 Å². The van der Waals surface area contributed by atoms with Gasteiger partial charge in [0.25, 0.3) is 5.91 Å². The molecule has 0 aliphatic carbocycles. The second-order valence-corrected chi connectivity index (χ2v) is 8.93. The lowest BCUT2D eigenvalue weighted by Gasteiger charge is -2.31. The number of nitrogens with zero attached hydrogens (tertiary/aromatic N) is 1. The second kappa shape index (κ2) is 7.85. The van der Waals surface area contributed by atoms with Crippen LogP contribution in [0, 0.1) is 5.92 Å². The van der Waals surface area contributed by atoms with Crippen LogP contribution >= 0.6 is 0 Å². The van der Waals surface area contributed by atoms with Gasteiger partial charge in [-0.05, 0) is 44.4 Å². The van der Waals surface area contributed by atoms with E-state index >= 15 is 0 Å². The summed E-state index contributed by atoms with van der Waals surface area (Å²) in [5.74, 6) is -0.0316. The molecular weight excluding hydrogens is 370 g/mol. The zero-order valence-corrected chi connectivity index (χ0v) is 16.3. The van der Waals surface area contributed by atoms with Gasteiger partial charge in [-0.1, -0.05) is 6.92 Å². The van der Waals surface area contributed by atoms with Crippen molar-refractivity contribution >= 4 is 27.5 Å². The maximum Gasteiger partial charge on any atom is 0.262 e. The van der Waals surface area contributed by atoms with Crippen LogP contribution in [0.4, 0.5) is 5.69 Å². The van der Waals surface area contributed by atoms with Gasteiger partial charge >= 0.3 is 0 Å². The van der Waals surface area contributed by atoms with Gasteiger partial charge < -0.3 is 15.4 Å². The van der Waals surface area contributed by atoms with E-state index in [1.807, 2.05) is 13.8 Å². The van der Waals surface area contributed by atoms with Gasteiger partial charge in [-0.25, -0.2) is 8.42 Å². The molecule has 2 aliphatic rings. The Balaban J connectivity index is 1.68. The Hall–Kier alpha value is -2.13. The quantitative estimate of drug-likeness (QED) is 0.783. The Kier molecular flexibility index (Phi) is 5.71. The Morgan fingerprint density at radius 2 is 2.07 bits per heavy atom. The van der Waals surface area contributed by atoms with Gasteiger partial charge in [-0.15, -0.1) is 0 Å². The highest BCUT2D eigenvalue weighted by atomic mass is 32.2. The van der Waals surface area contributed by atoms with Crippen LogP contribution in [-0.4, -0.2) is 50.3 Å². The van der Waals surface area contributed by atoms with E-state index in [1.54, 1.807) is 6.07 Å². The monoisotopic (exact) mass is 395 g/mol. The van der Waals surface area contributed by atoms with Crippen LogP contribution in [-0.2, 0) is 19.6 Å². The number of carbonyl (C=O) groups is 2. The molecule has 0 saturated carbocycles. The highest BCUT2D eigenvalue weighted by Crippen LogP contribution is 2.32. The van der Waals surface area contributed by atoms with Crippen LogP contribution in [0.3, 0.4) is 0 Å². The van der Waals surface area contributed by atoms with Gasteiger partial charge in [-0.3, -0.25) is 9.59 Å². The molecule has 2 aliphatic heterocycles. The molecular formula is C18H25N3O5S. The molecule has 2 N–H and O–H groups in total. The first-order valence-electron chi connectivity index (χ1n) is 9.18. The third-order valence-corrected chi connectivity index (χ3v) is 6.94. The number of hydrogen-bond acceptors (Lipinski definition) is 5. The summed E-state index contributed by atoms with van der Waals surface area (Å²) in [7, 11) is -3.70. The summed E-state index contributed by atoms with van der Waals surface area (Å²) >= 11 is 0. The van der Waals surface area contributed by atoms with E-state index in [0.29, 0.717) is 37.4 Å². The van der Waals surface area contributed by atoms with Crippen molar-refractivity contribution in [1.29, 1.82) is 0 Å². The highest BCUT2D eigenvalue weighted by molar-refractivity contribution is 7.89. The van der Waals surface area contributed by atoms with Crippen molar-refractivity contribution in [3.05, 3.63) is 18.2 Å². The number of benzene rings is 1. The average molecular weight is 395 g/mol. The lowest BCUT2D eigenvalue weighted by molar-refractivity contribution is -0.126. The predicted molar refractivity (Wildman–Crippen MR) is 99.9 cm³/mol. The van der Waals surface area contributed by atoms with Crippen LogP contribution < -0.4 is 15.4 Å². The zero-order valence-electron chi connectivity index (χ0n) is 15.5. The molecule has 3 rings (SSSR count). The minimum atomic E-state index is -3.70. The van der Waals surface area contributed by atoms with E-state index < -0.39 is 10.0 Å². The fourth-order valence-electron chi connectivity index (χ4n) is 3.19. The SMILES string of the molecule is CC[C@@H](C)NC(=O)C1CCN(S(=O)(=O)c2ccc3c(c2)NC(=O)CO3)CC1. The first kappa shape index (κ1) is 19.6. The molecule has 148 valence electrons. The summed E-state index contributed by atoms with van der Waals surface area (Å²) in [4.78, 5) is 23.8. The molecule has 27 heavy (non-hydrogen) atoms. The second-order valence-electron chi connectivity index (χ2n) is 6.99. The van der Waals surface area contributed by atoms with E-state index in [2.05, 4.69) is 10.6 Å². The van der Waals surface area contributed by atoms with E-state index in [1.165, 1.54) is 16.4 Å². The zero-order chi connectivity index (χ0) is 19.6. The van der Waals surface area contributed by atoms with Crippen molar-refractivity contribution in [3.8, 4) is 5.75 Å². The fourth-order valence-corrected chi connectivity index (χ4v) is 4.69. The molecule has 1 aromatic rings. The Labute approximate surface area is 159 Å². The number of amides is 2. The first-order chi connectivity index (χ1) is 12.8. The predicted octanol–water partition coefficient (Wildman–Crippen LogP) is 1.33. The van der Waals surface area contributed by atoms with Crippen molar-refractivity contribution in [1.82, 2.24) is 9.62 Å². The van der Waals surface area contributed by atoms with Crippen LogP contribution in [0.2, 0.25) is 0 Å². The van der Waals surface area contributed by atoms with Crippen molar-refractivity contribution in [2.75, 3.05) is 25.0 Å². The minimum absolute atomic E-state index is 0.00459. The van der Waals surface area contributed by atoms with Gasteiger partial charge in [0.15, 0.2) is 6.61 Å². The number of nitrogens with one attached hydrogen (secondary N) is 2. The molecule has 0 aromatic heterocycles. The molecule has 0 spiro atoms. The Bertz CT molecular complexity index is 831. The van der Waals surface area contributed by atoms with Gasteiger partial charge in [0.05, 0.1) is 10.6 Å². The molecule has 9 heteroatoms. The van der Waals surface area contributed by atoms with Crippen molar-refractivity contribution in [3.63, 3.8) is 0 Å². The lowest BCUT2D eigenvalue weighted by atomic mass is 9.97. The minimum Gasteiger partial charge on any atom is -0.482 e. The summed E-state index contributed by atoms with van der Waals surface area (Å²) in [6, 6.07) is 4.57. The molecule has 0 bridgehead atoms. The van der Waals surface area contributed by atoms with Gasteiger partial charge in [0, 0.05) is 25.0 Å². The number of anilines is 1. The lowest BCUT2D eigenvalue weighted by Crippen LogP contribution is -2.44. The largest absolute Gasteiger partial charge is 0.482 e. The topological polar surface area (TPSA) is 105 Å². The molecule has 2 heterocycles. The number of sulfonamides is 1. The van der Waals surface area contributed by atoms with Crippen LogP contribution in [0.15, 0.2) is 23.1 Å². The van der Waals surface area contributed by atoms with Crippen LogP contribution in [0.25, 0.3) is 0 Å². The molecule has 2 amide bonds. The summed E-state index contributed by atoms with van der Waals surface area (Å²) < 4.78 is 32.5. The Morgan fingerprint density at radius 3 is 2.74 bits per heavy atom. The first-order valence-corrected chi connectivity index (χ1v) is 10.6. The molecule has 8 nitrogen and oxygen atoms in total. The Morgan fingerprint density at radius 1 is 1.37 bits per heavy atom. The number of carbonyl (C=O) groups excluding carboxylic acids is 2. The van der Waals surface area contributed by atoms with Gasteiger partial charge in [0.2, 0.25) is 15.9 Å². The number of ether oxygens (including phenoxy) is 1. The van der Waals surface area contributed by atoms with Crippen LogP contribution in [0.1, 0.15) is 33.1 Å². The normalized spacial score (nSPS) is 19.6.